The van der Waals surface area contributed by atoms with Crippen LogP contribution in [0.4, 0.5) is 11.8 Å². The van der Waals surface area contributed by atoms with Crippen molar-refractivity contribution in [2.45, 2.75) is 32.9 Å². The van der Waals surface area contributed by atoms with E-state index in [1.807, 2.05) is 24.3 Å². The molecule has 24 heavy (non-hydrogen) atoms. The molecule has 0 atom stereocenters. The molecule has 0 aliphatic carbocycles. The number of rotatable bonds is 4. The number of carbonyl (C=O) groups excluding carboxylic acids is 1. The van der Waals surface area contributed by atoms with E-state index in [2.05, 4.69) is 34.0 Å². The van der Waals surface area contributed by atoms with Crippen LogP contribution in [-0.4, -0.2) is 35.6 Å². The Balaban J connectivity index is 1.79. The molecule has 1 aliphatic heterocycles. The number of benzene rings is 1. The second kappa shape index (κ2) is 6.86. The van der Waals surface area contributed by atoms with Gasteiger partial charge in [-0.2, -0.15) is 4.98 Å². The summed E-state index contributed by atoms with van der Waals surface area (Å²) >= 11 is 0. The van der Waals surface area contributed by atoms with Gasteiger partial charge < -0.3 is 15.0 Å². The number of nitrogens with zero attached hydrogens (tertiary/aromatic N) is 3. The van der Waals surface area contributed by atoms with Crippen LogP contribution < -0.4 is 10.2 Å². The predicted molar refractivity (Wildman–Crippen MR) is 93.3 cm³/mol. The van der Waals surface area contributed by atoms with Crippen LogP contribution in [0.1, 0.15) is 35.3 Å². The van der Waals surface area contributed by atoms with Crippen molar-refractivity contribution in [1.29, 1.82) is 0 Å². The predicted octanol–water partition coefficient (Wildman–Crippen LogP) is 2.65. The number of hydrogen-bond donors (Lipinski definition) is 1. The Bertz CT molecular complexity index is 746. The van der Waals surface area contributed by atoms with E-state index in [-0.39, 0.29) is 5.97 Å². The number of ether oxygens (including phenoxy) is 1. The topological polar surface area (TPSA) is 67.3 Å². The minimum Gasteiger partial charge on any atom is -0.465 e. The number of fused-ring (bicyclic) bond motifs is 1. The van der Waals surface area contributed by atoms with Gasteiger partial charge in [-0.3, -0.25) is 0 Å². The van der Waals surface area contributed by atoms with Crippen LogP contribution in [0.3, 0.4) is 0 Å². The average molecular weight is 326 g/mol. The van der Waals surface area contributed by atoms with E-state index in [1.165, 1.54) is 18.2 Å². The van der Waals surface area contributed by atoms with Crippen LogP contribution >= 0.6 is 0 Å². The number of methoxy groups -OCH3 is 1. The van der Waals surface area contributed by atoms with Gasteiger partial charge in [0.05, 0.1) is 12.7 Å². The zero-order valence-corrected chi connectivity index (χ0v) is 14.2. The number of esters is 1. The van der Waals surface area contributed by atoms with Crippen molar-refractivity contribution in [3.63, 3.8) is 0 Å². The first kappa shape index (κ1) is 16.2. The summed E-state index contributed by atoms with van der Waals surface area (Å²) in [5, 5.41) is 3.23. The molecule has 6 nitrogen and oxygen atoms in total. The second-order valence-electron chi connectivity index (χ2n) is 6.18. The molecule has 2 aromatic rings. The molecule has 3 rings (SSSR count). The highest BCUT2D eigenvalue weighted by atomic mass is 16.5. The van der Waals surface area contributed by atoms with Crippen LogP contribution in [0.2, 0.25) is 0 Å². The summed E-state index contributed by atoms with van der Waals surface area (Å²) in [6.45, 7) is 5.75. The van der Waals surface area contributed by atoms with Gasteiger partial charge in [0.15, 0.2) is 0 Å². The monoisotopic (exact) mass is 326 g/mol. The van der Waals surface area contributed by atoms with Crippen molar-refractivity contribution in [2.24, 2.45) is 0 Å². The lowest BCUT2D eigenvalue weighted by Gasteiger charge is -2.30. The number of hydrogen-bond acceptors (Lipinski definition) is 6. The quantitative estimate of drug-likeness (QED) is 0.871. The van der Waals surface area contributed by atoms with E-state index < -0.39 is 0 Å². The van der Waals surface area contributed by atoms with E-state index >= 15 is 0 Å². The van der Waals surface area contributed by atoms with E-state index in [9.17, 15) is 4.79 Å². The van der Waals surface area contributed by atoms with Gasteiger partial charge in [0, 0.05) is 25.3 Å². The molecular weight excluding hydrogens is 304 g/mol. The van der Waals surface area contributed by atoms with Gasteiger partial charge >= 0.3 is 5.97 Å². The highest BCUT2D eigenvalue weighted by molar-refractivity contribution is 5.89. The Kier molecular flexibility index (Phi) is 4.64. The molecule has 1 aromatic carbocycles. The molecule has 1 N–H and O–H groups in total. The summed E-state index contributed by atoms with van der Waals surface area (Å²) in [5.41, 5.74) is 3.02. The highest BCUT2D eigenvalue weighted by Crippen LogP contribution is 2.24. The molecule has 0 bridgehead atoms. The van der Waals surface area contributed by atoms with E-state index in [4.69, 9.17) is 4.74 Å². The van der Waals surface area contributed by atoms with Crippen molar-refractivity contribution in [2.75, 3.05) is 23.9 Å². The van der Waals surface area contributed by atoms with E-state index in [0.717, 1.165) is 25.3 Å². The summed E-state index contributed by atoms with van der Waals surface area (Å²) in [6, 6.07) is 7.98. The Hall–Kier alpha value is -2.63. The molecular formula is C18H22N4O2. The third-order valence-corrected chi connectivity index (χ3v) is 4.02. The average Bonchev–Trinajstić information content (AvgIpc) is 2.59. The normalized spacial score (nSPS) is 13.6. The Morgan fingerprint density at radius 2 is 2.12 bits per heavy atom. The molecule has 126 valence electrons. The van der Waals surface area contributed by atoms with Crippen molar-refractivity contribution < 1.29 is 9.53 Å². The Morgan fingerprint density at radius 3 is 2.88 bits per heavy atom. The standard InChI is InChI=1S/C18H22N4O2/c1-12(2)20-18-19-8-6-16(21-18)22-9-7-13-10-14(17(23)24-3)4-5-15(13)11-22/h4-6,8,10,12H,7,9,11H2,1-3H3,(H,19,20,21). The first-order valence-electron chi connectivity index (χ1n) is 8.11. The van der Waals surface area contributed by atoms with Crippen molar-refractivity contribution in [3.8, 4) is 0 Å². The van der Waals surface area contributed by atoms with Gasteiger partial charge in [0.25, 0.3) is 0 Å². The lowest BCUT2D eigenvalue weighted by Crippen LogP contribution is -2.31. The number of aromatic nitrogens is 2. The highest BCUT2D eigenvalue weighted by Gasteiger charge is 2.19. The fourth-order valence-electron chi connectivity index (χ4n) is 2.85. The first-order valence-corrected chi connectivity index (χ1v) is 8.11. The molecule has 0 radical (unpaired) electrons. The van der Waals surface area contributed by atoms with Crippen LogP contribution in [0.5, 0.6) is 0 Å². The Morgan fingerprint density at radius 1 is 1.29 bits per heavy atom. The molecule has 0 spiro atoms. The maximum absolute atomic E-state index is 11.7. The van der Waals surface area contributed by atoms with Gasteiger partial charge in [0.2, 0.25) is 5.95 Å². The third-order valence-electron chi connectivity index (χ3n) is 4.02. The minimum atomic E-state index is -0.291. The van der Waals surface area contributed by atoms with E-state index in [1.54, 1.807) is 6.20 Å². The SMILES string of the molecule is COC(=O)c1ccc2c(c1)CCN(c1ccnc(NC(C)C)n1)C2. The fraction of sp³-hybridized carbons (Fsp3) is 0.389. The smallest absolute Gasteiger partial charge is 0.337 e. The molecule has 6 heteroatoms. The largest absolute Gasteiger partial charge is 0.465 e. The van der Waals surface area contributed by atoms with Crippen LogP contribution in [0, 0.1) is 0 Å². The molecule has 1 aliphatic rings. The zero-order chi connectivity index (χ0) is 17.1. The lowest BCUT2D eigenvalue weighted by molar-refractivity contribution is 0.0600. The number of anilines is 2. The van der Waals surface area contributed by atoms with Gasteiger partial charge in [0.1, 0.15) is 5.82 Å². The third kappa shape index (κ3) is 3.48. The number of carbonyl (C=O) groups is 1. The summed E-state index contributed by atoms with van der Waals surface area (Å²) < 4.78 is 4.79. The number of nitrogens with one attached hydrogen (secondary N) is 1. The fourth-order valence-corrected chi connectivity index (χ4v) is 2.85. The van der Waals surface area contributed by atoms with Crippen LogP contribution in [0.25, 0.3) is 0 Å². The molecule has 0 unspecified atom stereocenters. The maximum Gasteiger partial charge on any atom is 0.337 e. The second-order valence-corrected chi connectivity index (χ2v) is 6.18. The summed E-state index contributed by atoms with van der Waals surface area (Å²) in [6.07, 6.45) is 2.65. The van der Waals surface area contributed by atoms with Crippen LogP contribution in [-0.2, 0) is 17.7 Å². The molecule has 0 amide bonds. The van der Waals surface area contributed by atoms with Gasteiger partial charge in [-0.25, -0.2) is 9.78 Å². The van der Waals surface area contributed by atoms with Crippen molar-refractivity contribution >= 4 is 17.7 Å². The molecule has 0 saturated carbocycles. The first-order chi connectivity index (χ1) is 11.6. The molecule has 2 heterocycles. The van der Waals surface area contributed by atoms with Crippen molar-refractivity contribution in [1.82, 2.24) is 9.97 Å². The summed E-state index contributed by atoms with van der Waals surface area (Å²) in [4.78, 5) is 22.7. The zero-order valence-electron chi connectivity index (χ0n) is 14.2. The Labute approximate surface area is 141 Å². The maximum atomic E-state index is 11.7. The minimum absolute atomic E-state index is 0.291. The van der Waals surface area contributed by atoms with E-state index in [0.29, 0.717) is 17.6 Å². The lowest BCUT2D eigenvalue weighted by atomic mass is 9.97. The van der Waals surface area contributed by atoms with Gasteiger partial charge in [-0.05, 0) is 49.6 Å². The molecule has 0 fully saturated rings. The van der Waals surface area contributed by atoms with Gasteiger partial charge in [-0.15, -0.1) is 0 Å². The molecule has 0 saturated heterocycles. The molecule has 1 aromatic heterocycles. The summed E-state index contributed by atoms with van der Waals surface area (Å²) in [5.74, 6) is 1.27. The summed E-state index contributed by atoms with van der Waals surface area (Å²) in [7, 11) is 1.40. The van der Waals surface area contributed by atoms with Gasteiger partial charge in [-0.1, -0.05) is 6.07 Å². The van der Waals surface area contributed by atoms with Crippen LogP contribution in [0.15, 0.2) is 30.5 Å². The van der Waals surface area contributed by atoms with Crippen molar-refractivity contribution in [3.05, 3.63) is 47.2 Å².